The molecule has 9 heteroatoms. The third kappa shape index (κ3) is 3.91. The highest BCUT2D eigenvalue weighted by Crippen LogP contribution is 2.31. The van der Waals surface area contributed by atoms with Crippen LogP contribution in [0.1, 0.15) is 12.5 Å². The summed E-state index contributed by atoms with van der Waals surface area (Å²) >= 11 is 6.16. The van der Waals surface area contributed by atoms with Gasteiger partial charge < -0.3 is 9.88 Å². The van der Waals surface area contributed by atoms with E-state index in [0.29, 0.717) is 39.9 Å². The van der Waals surface area contributed by atoms with Gasteiger partial charge in [0.2, 0.25) is 5.95 Å². The van der Waals surface area contributed by atoms with Crippen molar-refractivity contribution in [3.63, 3.8) is 0 Å². The summed E-state index contributed by atoms with van der Waals surface area (Å²) in [5.41, 5.74) is 3.72. The van der Waals surface area contributed by atoms with Crippen LogP contribution in [-0.4, -0.2) is 30.9 Å². The highest BCUT2D eigenvalue weighted by molar-refractivity contribution is 6.32. The standard InChI is InChI=1S/C22H18ClN7O/c1-3-25-22-26-9-14(10-27-22)16-7-21(31)29(2)13-18(16)15-11-28-30(12-15)20-6-4-5-19(23)17(20)8-24/h4-7,9-13H,3H2,1-2H3,(H,25,26,27). The summed E-state index contributed by atoms with van der Waals surface area (Å²) in [4.78, 5) is 21.0. The lowest BCUT2D eigenvalue weighted by molar-refractivity contribution is 0.863. The van der Waals surface area contributed by atoms with Gasteiger partial charge in [-0.15, -0.1) is 0 Å². The lowest BCUT2D eigenvalue weighted by Gasteiger charge is -2.10. The van der Waals surface area contributed by atoms with Gasteiger partial charge in [-0.05, 0) is 24.6 Å². The molecule has 0 saturated carbocycles. The van der Waals surface area contributed by atoms with E-state index in [-0.39, 0.29) is 5.56 Å². The third-order valence-corrected chi connectivity index (χ3v) is 5.08. The van der Waals surface area contributed by atoms with Crippen molar-refractivity contribution in [2.45, 2.75) is 6.92 Å². The summed E-state index contributed by atoms with van der Waals surface area (Å²) in [6, 6.07) is 8.88. The van der Waals surface area contributed by atoms with Crippen LogP contribution >= 0.6 is 11.6 Å². The SMILES string of the molecule is CCNc1ncc(-c2cc(=O)n(C)cc2-c2cnn(-c3cccc(Cl)c3C#N)c2)cn1. The van der Waals surface area contributed by atoms with Crippen molar-refractivity contribution in [1.29, 1.82) is 5.26 Å². The predicted octanol–water partition coefficient (Wildman–Crippen LogP) is 3.65. The van der Waals surface area contributed by atoms with Crippen LogP contribution in [0, 0.1) is 11.3 Å². The van der Waals surface area contributed by atoms with Gasteiger partial charge in [0, 0.05) is 61.1 Å². The van der Waals surface area contributed by atoms with Crippen LogP contribution in [0.2, 0.25) is 5.02 Å². The van der Waals surface area contributed by atoms with E-state index in [4.69, 9.17) is 11.6 Å². The number of benzene rings is 1. The smallest absolute Gasteiger partial charge is 0.250 e. The number of nitrogens with one attached hydrogen (secondary N) is 1. The molecular formula is C22H18ClN7O. The predicted molar refractivity (Wildman–Crippen MR) is 119 cm³/mol. The fourth-order valence-electron chi connectivity index (χ4n) is 3.22. The maximum Gasteiger partial charge on any atom is 0.250 e. The van der Waals surface area contributed by atoms with E-state index < -0.39 is 0 Å². The molecule has 0 fully saturated rings. The summed E-state index contributed by atoms with van der Waals surface area (Å²) in [6.45, 7) is 2.68. The van der Waals surface area contributed by atoms with Gasteiger partial charge in [-0.3, -0.25) is 4.79 Å². The van der Waals surface area contributed by atoms with Crippen LogP contribution in [0.4, 0.5) is 5.95 Å². The van der Waals surface area contributed by atoms with Crippen LogP contribution in [-0.2, 0) is 7.05 Å². The molecule has 0 amide bonds. The monoisotopic (exact) mass is 431 g/mol. The minimum Gasteiger partial charge on any atom is -0.355 e. The fraction of sp³-hybridized carbons (Fsp3) is 0.136. The molecule has 154 valence electrons. The van der Waals surface area contributed by atoms with Crippen molar-refractivity contribution in [2.24, 2.45) is 7.05 Å². The second-order valence-electron chi connectivity index (χ2n) is 6.79. The Balaban J connectivity index is 1.83. The molecule has 31 heavy (non-hydrogen) atoms. The molecule has 1 aromatic carbocycles. The van der Waals surface area contributed by atoms with E-state index in [1.807, 2.05) is 6.92 Å². The number of hydrogen-bond acceptors (Lipinski definition) is 6. The molecule has 8 nitrogen and oxygen atoms in total. The van der Waals surface area contributed by atoms with E-state index in [2.05, 4.69) is 26.5 Å². The third-order valence-electron chi connectivity index (χ3n) is 4.77. The normalized spacial score (nSPS) is 10.6. The summed E-state index contributed by atoms with van der Waals surface area (Å²) in [6.07, 6.45) is 8.58. The average Bonchev–Trinajstić information content (AvgIpc) is 3.26. The van der Waals surface area contributed by atoms with Crippen LogP contribution in [0.5, 0.6) is 0 Å². The minimum absolute atomic E-state index is 0.150. The van der Waals surface area contributed by atoms with Gasteiger partial charge in [-0.25, -0.2) is 14.6 Å². The maximum absolute atomic E-state index is 12.4. The van der Waals surface area contributed by atoms with E-state index in [1.165, 1.54) is 4.57 Å². The van der Waals surface area contributed by atoms with Crippen molar-refractivity contribution < 1.29 is 0 Å². The highest BCUT2D eigenvalue weighted by atomic mass is 35.5. The fourth-order valence-corrected chi connectivity index (χ4v) is 3.44. The number of hydrogen-bond donors (Lipinski definition) is 1. The Bertz CT molecular complexity index is 1350. The van der Waals surface area contributed by atoms with Crippen molar-refractivity contribution in [3.8, 4) is 34.0 Å². The molecule has 0 radical (unpaired) electrons. The van der Waals surface area contributed by atoms with Gasteiger partial charge in [-0.2, -0.15) is 10.4 Å². The first-order valence-corrected chi connectivity index (χ1v) is 9.90. The van der Waals surface area contributed by atoms with Gasteiger partial charge in [-0.1, -0.05) is 17.7 Å². The molecule has 3 heterocycles. The first-order chi connectivity index (χ1) is 15.0. The van der Waals surface area contributed by atoms with Gasteiger partial charge >= 0.3 is 0 Å². The molecule has 3 aromatic heterocycles. The number of halogens is 1. The summed E-state index contributed by atoms with van der Waals surface area (Å²) in [5, 5.41) is 17.3. The van der Waals surface area contributed by atoms with E-state index in [9.17, 15) is 10.1 Å². The summed E-state index contributed by atoms with van der Waals surface area (Å²) in [7, 11) is 1.69. The van der Waals surface area contributed by atoms with Crippen molar-refractivity contribution in [1.82, 2.24) is 24.3 Å². The molecule has 4 aromatic rings. The highest BCUT2D eigenvalue weighted by Gasteiger charge is 2.15. The average molecular weight is 432 g/mol. The van der Waals surface area contributed by atoms with Crippen LogP contribution in [0.15, 0.2) is 60.0 Å². The molecule has 0 aliphatic carbocycles. The van der Waals surface area contributed by atoms with Gasteiger partial charge in [0.05, 0.1) is 22.5 Å². The van der Waals surface area contributed by atoms with Crippen LogP contribution in [0.3, 0.4) is 0 Å². The largest absolute Gasteiger partial charge is 0.355 e. The van der Waals surface area contributed by atoms with Crippen molar-refractivity contribution >= 4 is 17.5 Å². The topological polar surface area (TPSA) is 101 Å². The Labute approximate surface area is 183 Å². The first-order valence-electron chi connectivity index (χ1n) is 9.52. The minimum atomic E-state index is -0.150. The zero-order chi connectivity index (χ0) is 22.0. The number of nitrogens with zero attached hydrogens (tertiary/aromatic N) is 6. The number of aryl methyl sites for hydroxylation is 1. The van der Waals surface area contributed by atoms with E-state index in [1.54, 1.807) is 67.0 Å². The second-order valence-corrected chi connectivity index (χ2v) is 7.20. The van der Waals surface area contributed by atoms with Crippen molar-refractivity contribution in [2.75, 3.05) is 11.9 Å². The quantitative estimate of drug-likeness (QED) is 0.517. The Morgan fingerprint density at radius 2 is 1.90 bits per heavy atom. The van der Waals surface area contributed by atoms with Gasteiger partial charge in [0.1, 0.15) is 6.07 Å². The summed E-state index contributed by atoms with van der Waals surface area (Å²) < 4.78 is 3.10. The Kier molecular flexibility index (Phi) is 5.52. The lowest BCUT2D eigenvalue weighted by Crippen LogP contribution is -2.15. The Hall–Kier alpha value is -3.96. The molecule has 0 aliphatic heterocycles. The molecule has 0 aliphatic rings. The first kappa shape index (κ1) is 20.3. The Morgan fingerprint density at radius 1 is 1.13 bits per heavy atom. The zero-order valence-corrected chi connectivity index (χ0v) is 17.6. The van der Waals surface area contributed by atoms with Crippen LogP contribution in [0.25, 0.3) is 27.9 Å². The summed E-state index contributed by atoms with van der Waals surface area (Å²) in [5.74, 6) is 0.523. The number of pyridine rings is 1. The molecular weight excluding hydrogens is 414 g/mol. The molecule has 0 spiro atoms. The molecule has 0 bridgehead atoms. The van der Waals surface area contributed by atoms with E-state index >= 15 is 0 Å². The number of aromatic nitrogens is 5. The van der Waals surface area contributed by atoms with Crippen molar-refractivity contribution in [3.05, 3.63) is 76.2 Å². The molecule has 0 unspecified atom stereocenters. The molecule has 0 saturated heterocycles. The van der Waals surface area contributed by atoms with Gasteiger partial charge in [0.15, 0.2) is 0 Å². The Morgan fingerprint density at radius 3 is 2.61 bits per heavy atom. The van der Waals surface area contributed by atoms with Gasteiger partial charge in [0.25, 0.3) is 5.56 Å². The number of anilines is 1. The molecule has 1 N–H and O–H groups in total. The van der Waals surface area contributed by atoms with E-state index in [0.717, 1.165) is 11.1 Å². The number of rotatable bonds is 5. The number of nitriles is 1. The van der Waals surface area contributed by atoms with Crippen LogP contribution < -0.4 is 10.9 Å². The zero-order valence-electron chi connectivity index (χ0n) is 16.9. The maximum atomic E-state index is 12.4. The lowest BCUT2D eigenvalue weighted by atomic mass is 10.0. The molecule has 4 rings (SSSR count). The second kappa shape index (κ2) is 8.42. The molecule has 0 atom stereocenters.